The number of rotatable bonds is 3. The Bertz CT molecular complexity index is 1290. The Labute approximate surface area is 182 Å². The van der Waals surface area contributed by atoms with Crippen molar-refractivity contribution in [1.29, 1.82) is 0 Å². The predicted molar refractivity (Wildman–Crippen MR) is 109 cm³/mol. The zero-order chi connectivity index (χ0) is 23.2. The minimum absolute atomic E-state index is 0.0242. The topological polar surface area (TPSA) is 87.5 Å². The Morgan fingerprint density at radius 1 is 1.22 bits per heavy atom. The average Bonchev–Trinajstić information content (AvgIpc) is 2.74. The average molecular weight is 471 g/mol. The number of fused-ring (bicyclic) bond motifs is 1. The molecule has 32 heavy (non-hydrogen) atoms. The van der Waals surface area contributed by atoms with Crippen LogP contribution >= 0.6 is 11.6 Å². The van der Waals surface area contributed by atoms with E-state index in [-0.39, 0.29) is 27.4 Å². The molecule has 0 atom stereocenters. The van der Waals surface area contributed by atoms with E-state index in [2.05, 4.69) is 10.3 Å². The Hall–Kier alpha value is -3.18. The first kappa shape index (κ1) is 22.0. The van der Waals surface area contributed by atoms with Crippen molar-refractivity contribution in [3.05, 3.63) is 62.8 Å². The molecule has 2 aromatic heterocycles. The first-order valence-corrected chi connectivity index (χ1v) is 9.77. The summed E-state index contributed by atoms with van der Waals surface area (Å²) < 4.78 is 55.7. The number of alkyl halides is 3. The van der Waals surface area contributed by atoms with E-state index in [0.717, 1.165) is 29.1 Å². The van der Waals surface area contributed by atoms with Crippen molar-refractivity contribution >= 4 is 34.2 Å². The molecule has 2 N–H and O–H groups in total. The molecule has 3 aromatic rings. The fourth-order valence-corrected chi connectivity index (χ4v) is 4.05. The number of carboxylic acids is 1. The molecule has 1 aliphatic heterocycles. The van der Waals surface area contributed by atoms with Crippen molar-refractivity contribution in [2.45, 2.75) is 6.18 Å². The molecule has 168 valence electrons. The molecular weight excluding hydrogens is 456 g/mol. The lowest BCUT2D eigenvalue weighted by Crippen LogP contribution is -2.44. The van der Waals surface area contributed by atoms with E-state index in [1.54, 1.807) is 4.90 Å². The first-order valence-electron chi connectivity index (χ1n) is 9.39. The standard InChI is InChI=1S/C20H15ClF4N4O3/c21-15-16-11(8-13(22)17(15)28-5-3-26-4-6-28)18(30)12(19(31)32)9-29(16)14-7-10(1-2-27-14)20(23,24)25/h1-2,7-9,26H,3-6H2,(H,31,32). The molecule has 0 bridgehead atoms. The van der Waals surface area contributed by atoms with Crippen LogP contribution < -0.4 is 15.6 Å². The van der Waals surface area contributed by atoms with E-state index >= 15 is 4.39 Å². The zero-order valence-electron chi connectivity index (χ0n) is 16.2. The highest BCUT2D eigenvalue weighted by molar-refractivity contribution is 6.38. The normalized spacial score (nSPS) is 14.7. The van der Waals surface area contributed by atoms with Crippen LogP contribution in [0.4, 0.5) is 23.2 Å². The SMILES string of the molecule is O=C(O)c1cn(-c2cc(C(F)(F)F)ccn2)c2c(Cl)c(N3CCNCC3)c(F)cc2c1=O. The van der Waals surface area contributed by atoms with Gasteiger partial charge in [-0.05, 0) is 18.2 Å². The second-order valence-corrected chi connectivity index (χ2v) is 7.48. The highest BCUT2D eigenvalue weighted by Crippen LogP contribution is 2.37. The Balaban J connectivity index is 2.08. The van der Waals surface area contributed by atoms with Gasteiger partial charge in [0.15, 0.2) is 0 Å². The predicted octanol–water partition coefficient (Wildman–Crippen LogP) is 3.30. The van der Waals surface area contributed by atoms with E-state index in [1.165, 1.54) is 0 Å². The number of nitrogens with zero attached hydrogens (tertiary/aromatic N) is 3. The second-order valence-electron chi connectivity index (χ2n) is 7.10. The van der Waals surface area contributed by atoms with Crippen LogP contribution in [-0.2, 0) is 6.18 Å². The molecule has 7 nitrogen and oxygen atoms in total. The second kappa shape index (κ2) is 8.06. The van der Waals surface area contributed by atoms with Gasteiger partial charge in [0.1, 0.15) is 17.2 Å². The van der Waals surface area contributed by atoms with Crippen molar-refractivity contribution in [1.82, 2.24) is 14.9 Å². The van der Waals surface area contributed by atoms with Crippen molar-refractivity contribution in [2.75, 3.05) is 31.1 Å². The number of hydrogen-bond donors (Lipinski definition) is 2. The summed E-state index contributed by atoms with van der Waals surface area (Å²) in [5, 5.41) is 11.9. The van der Waals surface area contributed by atoms with Crippen molar-refractivity contribution in [3.8, 4) is 5.82 Å². The van der Waals surface area contributed by atoms with Gasteiger partial charge in [-0.15, -0.1) is 0 Å². The molecule has 0 unspecified atom stereocenters. The quantitative estimate of drug-likeness (QED) is 0.571. The summed E-state index contributed by atoms with van der Waals surface area (Å²) in [6.45, 7) is 1.91. The van der Waals surface area contributed by atoms with Crippen molar-refractivity contribution in [3.63, 3.8) is 0 Å². The zero-order valence-corrected chi connectivity index (χ0v) is 17.0. The number of nitrogens with one attached hydrogen (secondary N) is 1. The van der Waals surface area contributed by atoms with Crippen molar-refractivity contribution in [2.24, 2.45) is 0 Å². The van der Waals surface area contributed by atoms with Gasteiger partial charge in [0.2, 0.25) is 5.43 Å². The maximum Gasteiger partial charge on any atom is 0.416 e. The van der Waals surface area contributed by atoms with E-state index in [4.69, 9.17) is 11.6 Å². The molecule has 0 radical (unpaired) electrons. The molecule has 1 fully saturated rings. The number of aromatic carboxylic acids is 1. The molecule has 4 rings (SSSR count). The molecule has 1 aromatic carbocycles. The van der Waals surface area contributed by atoms with Crippen LogP contribution in [0, 0.1) is 5.82 Å². The maximum absolute atomic E-state index is 15.0. The van der Waals surface area contributed by atoms with Gasteiger partial charge in [-0.1, -0.05) is 11.6 Å². The van der Waals surface area contributed by atoms with E-state index in [1.807, 2.05) is 0 Å². The Morgan fingerprint density at radius 3 is 2.53 bits per heavy atom. The highest BCUT2D eigenvalue weighted by Gasteiger charge is 2.31. The number of aromatic nitrogens is 2. The minimum atomic E-state index is -4.69. The van der Waals surface area contributed by atoms with Crippen LogP contribution in [0.25, 0.3) is 16.7 Å². The number of anilines is 1. The number of hydrogen-bond acceptors (Lipinski definition) is 5. The molecule has 1 saturated heterocycles. The van der Waals surface area contributed by atoms with Crippen LogP contribution in [0.5, 0.6) is 0 Å². The number of carbonyl (C=O) groups is 1. The molecular formula is C20H15ClF4N4O3. The molecule has 0 amide bonds. The van der Waals surface area contributed by atoms with E-state index < -0.39 is 34.5 Å². The summed E-state index contributed by atoms with van der Waals surface area (Å²) in [4.78, 5) is 29.9. The summed E-state index contributed by atoms with van der Waals surface area (Å²) in [5.41, 5.74) is -2.97. The number of halogens is 5. The third-order valence-electron chi connectivity index (χ3n) is 5.14. The van der Waals surface area contributed by atoms with Gasteiger partial charge in [-0.25, -0.2) is 14.2 Å². The molecule has 12 heteroatoms. The fourth-order valence-electron chi connectivity index (χ4n) is 3.64. The highest BCUT2D eigenvalue weighted by atomic mass is 35.5. The maximum atomic E-state index is 15.0. The minimum Gasteiger partial charge on any atom is -0.477 e. The summed E-state index contributed by atoms with van der Waals surface area (Å²) in [5.74, 6) is -2.79. The van der Waals surface area contributed by atoms with Gasteiger partial charge in [-0.2, -0.15) is 13.2 Å². The van der Waals surface area contributed by atoms with Crippen LogP contribution in [0.3, 0.4) is 0 Å². The van der Waals surface area contributed by atoms with Gasteiger partial charge < -0.3 is 15.3 Å². The number of carboxylic acid groups (broad SMARTS) is 1. The van der Waals surface area contributed by atoms with Crippen LogP contribution in [0.1, 0.15) is 15.9 Å². The Kier molecular flexibility index (Phi) is 5.55. The van der Waals surface area contributed by atoms with Crippen molar-refractivity contribution < 1.29 is 27.5 Å². The van der Waals surface area contributed by atoms with Crippen LogP contribution in [0.15, 0.2) is 35.4 Å². The fraction of sp³-hybridized carbons (Fsp3) is 0.250. The number of pyridine rings is 2. The first-order chi connectivity index (χ1) is 15.1. The van der Waals surface area contributed by atoms with Crippen LogP contribution in [0.2, 0.25) is 5.02 Å². The molecule has 0 aliphatic carbocycles. The third-order valence-corrected chi connectivity index (χ3v) is 5.50. The largest absolute Gasteiger partial charge is 0.477 e. The van der Waals surface area contributed by atoms with Gasteiger partial charge in [0.25, 0.3) is 0 Å². The van der Waals surface area contributed by atoms with Gasteiger partial charge in [0.05, 0.1) is 27.2 Å². The molecule has 1 aliphatic rings. The smallest absolute Gasteiger partial charge is 0.416 e. The summed E-state index contributed by atoms with van der Waals surface area (Å²) in [6, 6.07) is 2.30. The lowest BCUT2D eigenvalue weighted by molar-refractivity contribution is -0.137. The molecule has 3 heterocycles. The summed E-state index contributed by atoms with van der Waals surface area (Å²) in [7, 11) is 0. The van der Waals surface area contributed by atoms with Gasteiger partial charge in [0, 0.05) is 38.6 Å². The lowest BCUT2D eigenvalue weighted by atomic mass is 10.1. The summed E-state index contributed by atoms with van der Waals surface area (Å²) in [6.07, 6.45) is -2.94. The monoisotopic (exact) mass is 470 g/mol. The molecule has 0 saturated carbocycles. The Morgan fingerprint density at radius 2 is 1.91 bits per heavy atom. The lowest BCUT2D eigenvalue weighted by Gasteiger charge is -2.31. The summed E-state index contributed by atoms with van der Waals surface area (Å²) >= 11 is 6.51. The number of piperazine rings is 1. The number of benzene rings is 1. The van der Waals surface area contributed by atoms with Gasteiger partial charge in [-0.3, -0.25) is 9.36 Å². The van der Waals surface area contributed by atoms with Crippen LogP contribution in [-0.4, -0.2) is 46.8 Å². The molecule has 0 spiro atoms. The van der Waals surface area contributed by atoms with E-state index in [0.29, 0.717) is 32.2 Å². The third kappa shape index (κ3) is 3.78. The van der Waals surface area contributed by atoms with E-state index in [9.17, 15) is 27.9 Å². The van der Waals surface area contributed by atoms with Gasteiger partial charge >= 0.3 is 12.1 Å².